The van der Waals surface area contributed by atoms with Gasteiger partial charge in [0.15, 0.2) is 5.82 Å². The summed E-state index contributed by atoms with van der Waals surface area (Å²) in [5.74, 6) is -4.28. The molecule has 2 atom stereocenters. The molecular weight excluding hydrogens is 461 g/mol. The maximum Gasteiger partial charge on any atom is 0.451 e. The molecule has 178 valence electrons. The minimum atomic E-state index is -5.12. The molecule has 2 N–H and O–H groups in total. The molecule has 2 aromatic heterocycles. The van der Waals surface area contributed by atoms with Crippen LogP contribution in [0, 0.1) is 0 Å². The predicted molar refractivity (Wildman–Crippen MR) is 93.0 cm³/mol. The number of alkyl halides is 9. The van der Waals surface area contributed by atoms with E-state index < -0.39 is 72.7 Å². The summed E-state index contributed by atoms with van der Waals surface area (Å²) in [7, 11) is 0. The summed E-state index contributed by atoms with van der Waals surface area (Å²) >= 11 is 0. The SMILES string of the molecule is CC[C@H](N(c1nc(N)nc(-c2ccnc(C(F)(F)F)n2)n1)[C@@H](CC)C(F)(F)F)C(F)(F)F. The number of nitrogens with zero attached hydrogens (tertiary/aromatic N) is 6. The van der Waals surface area contributed by atoms with Gasteiger partial charge in [-0.2, -0.15) is 54.5 Å². The highest BCUT2D eigenvalue weighted by Crippen LogP contribution is 2.37. The van der Waals surface area contributed by atoms with Crippen LogP contribution in [-0.2, 0) is 6.18 Å². The van der Waals surface area contributed by atoms with Gasteiger partial charge in [-0.25, -0.2) is 9.97 Å². The van der Waals surface area contributed by atoms with Gasteiger partial charge in [0.25, 0.3) is 0 Å². The molecule has 0 aliphatic rings. The van der Waals surface area contributed by atoms with Crippen molar-refractivity contribution < 1.29 is 39.5 Å². The summed E-state index contributed by atoms with van der Waals surface area (Å²) < 4.78 is 120. The first-order chi connectivity index (χ1) is 14.6. The second kappa shape index (κ2) is 8.90. The van der Waals surface area contributed by atoms with Crippen LogP contribution in [0.5, 0.6) is 0 Å². The summed E-state index contributed by atoms with van der Waals surface area (Å²) in [6.07, 6.45) is -16.1. The topological polar surface area (TPSA) is 93.7 Å². The van der Waals surface area contributed by atoms with Gasteiger partial charge in [0.05, 0.1) is 0 Å². The van der Waals surface area contributed by atoms with Crippen LogP contribution in [0.4, 0.5) is 51.4 Å². The highest BCUT2D eigenvalue weighted by Gasteiger charge is 2.52. The van der Waals surface area contributed by atoms with Crippen molar-refractivity contribution in [3.63, 3.8) is 0 Å². The van der Waals surface area contributed by atoms with Crippen LogP contribution in [0.2, 0.25) is 0 Å². The lowest BCUT2D eigenvalue weighted by molar-refractivity contribution is -0.175. The van der Waals surface area contributed by atoms with Gasteiger partial charge < -0.3 is 10.6 Å². The van der Waals surface area contributed by atoms with E-state index in [9.17, 15) is 39.5 Å². The molecule has 0 aliphatic carbocycles. The van der Waals surface area contributed by atoms with E-state index in [1.54, 1.807) is 0 Å². The molecule has 2 rings (SSSR count). The second-order valence-corrected chi connectivity index (χ2v) is 6.42. The molecule has 0 unspecified atom stereocenters. The van der Waals surface area contributed by atoms with Crippen LogP contribution in [0.3, 0.4) is 0 Å². The molecule has 0 bridgehead atoms. The standard InChI is InChI=1S/C16H16F9N7/c1-3-8(14(17,18)19)32(9(4-2)15(20,21)22)13-30-10(29-12(26)31-13)7-5-6-27-11(28-7)16(23,24)25/h5-6,8-9H,3-4H2,1-2H3,(H2,26,29,30,31)/t8-,9-/m0/s1. The summed E-state index contributed by atoms with van der Waals surface area (Å²) in [6, 6.07) is -4.44. The summed E-state index contributed by atoms with van der Waals surface area (Å²) in [5.41, 5.74) is 4.82. The summed E-state index contributed by atoms with van der Waals surface area (Å²) in [5, 5.41) is 0. The molecule has 0 saturated heterocycles. The van der Waals surface area contributed by atoms with Crippen molar-refractivity contribution in [3.05, 3.63) is 18.1 Å². The number of nitrogen functional groups attached to an aromatic ring is 1. The van der Waals surface area contributed by atoms with E-state index in [4.69, 9.17) is 5.73 Å². The van der Waals surface area contributed by atoms with Gasteiger partial charge in [0.1, 0.15) is 17.8 Å². The third-order valence-corrected chi connectivity index (χ3v) is 4.21. The van der Waals surface area contributed by atoms with E-state index in [0.717, 1.165) is 19.9 Å². The highest BCUT2D eigenvalue weighted by molar-refractivity contribution is 5.53. The van der Waals surface area contributed by atoms with Gasteiger partial charge in [-0.15, -0.1) is 0 Å². The van der Waals surface area contributed by atoms with Crippen LogP contribution >= 0.6 is 0 Å². The van der Waals surface area contributed by atoms with Gasteiger partial charge in [0.2, 0.25) is 17.7 Å². The first-order valence-corrected chi connectivity index (χ1v) is 8.93. The lowest BCUT2D eigenvalue weighted by Crippen LogP contribution is -2.56. The van der Waals surface area contributed by atoms with E-state index in [0.29, 0.717) is 6.20 Å². The summed E-state index contributed by atoms with van der Waals surface area (Å²) in [6.45, 7) is 2.03. The van der Waals surface area contributed by atoms with E-state index in [-0.39, 0.29) is 4.90 Å². The van der Waals surface area contributed by atoms with Gasteiger partial charge in [-0.3, -0.25) is 0 Å². The Hall–Kier alpha value is -2.94. The van der Waals surface area contributed by atoms with Crippen molar-refractivity contribution in [2.45, 2.75) is 57.3 Å². The number of hydrogen-bond donors (Lipinski definition) is 1. The van der Waals surface area contributed by atoms with Crippen molar-refractivity contribution >= 4 is 11.9 Å². The third-order valence-electron chi connectivity index (χ3n) is 4.21. The number of hydrogen-bond acceptors (Lipinski definition) is 7. The van der Waals surface area contributed by atoms with E-state index in [2.05, 4.69) is 24.9 Å². The van der Waals surface area contributed by atoms with Crippen LogP contribution < -0.4 is 10.6 Å². The molecule has 0 spiro atoms. The molecule has 0 amide bonds. The van der Waals surface area contributed by atoms with Crippen molar-refractivity contribution in [1.82, 2.24) is 24.9 Å². The molecular formula is C16H16F9N7. The molecule has 2 heterocycles. The lowest BCUT2D eigenvalue weighted by Gasteiger charge is -2.39. The van der Waals surface area contributed by atoms with E-state index >= 15 is 0 Å². The molecule has 0 radical (unpaired) electrons. The number of nitrogens with two attached hydrogens (primary N) is 1. The second-order valence-electron chi connectivity index (χ2n) is 6.42. The summed E-state index contributed by atoms with van der Waals surface area (Å²) in [4.78, 5) is 16.6. The molecule has 32 heavy (non-hydrogen) atoms. The zero-order chi connectivity index (χ0) is 24.5. The fraction of sp³-hybridized carbons (Fsp3) is 0.562. The number of anilines is 2. The first kappa shape index (κ1) is 25.3. The van der Waals surface area contributed by atoms with Crippen LogP contribution in [0.1, 0.15) is 32.5 Å². The molecule has 0 aromatic carbocycles. The molecule has 16 heteroatoms. The molecule has 0 aliphatic heterocycles. The van der Waals surface area contributed by atoms with Crippen LogP contribution in [0.25, 0.3) is 11.5 Å². The Bertz CT molecular complexity index is 905. The Labute approximate surface area is 174 Å². The van der Waals surface area contributed by atoms with Gasteiger partial charge in [-0.1, -0.05) is 13.8 Å². The first-order valence-electron chi connectivity index (χ1n) is 8.93. The quantitative estimate of drug-likeness (QED) is 0.616. The normalized spacial score (nSPS) is 14.8. The van der Waals surface area contributed by atoms with Gasteiger partial charge >= 0.3 is 18.5 Å². The van der Waals surface area contributed by atoms with Crippen molar-refractivity contribution in [2.24, 2.45) is 0 Å². The average molecular weight is 477 g/mol. The maximum absolute atomic E-state index is 13.6. The minimum Gasteiger partial charge on any atom is -0.368 e. The Morgan fingerprint density at radius 2 is 1.38 bits per heavy atom. The van der Waals surface area contributed by atoms with E-state index in [1.807, 2.05) is 0 Å². The van der Waals surface area contributed by atoms with Gasteiger partial charge in [-0.05, 0) is 18.9 Å². The Morgan fingerprint density at radius 3 is 1.81 bits per heavy atom. The number of halogens is 9. The Balaban J connectivity index is 2.72. The Kier molecular flexibility index (Phi) is 7.04. The molecule has 7 nitrogen and oxygen atoms in total. The van der Waals surface area contributed by atoms with Crippen LogP contribution in [-0.4, -0.2) is 49.4 Å². The maximum atomic E-state index is 13.6. The molecule has 0 fully saturated rings. The molecule has 2 aromatic rings. The minimum absolute atomic E-state index is 0.0899. The fourth-order valence-electron chi connectivity index (χ4n) is 2.90. The Morgan fingerprint density at radius 1 is 0.844 bits per heavy atom. The monoisotopic (exact) mass is 477 g/mol. The number of aromatic nitrogens is 5. The van der Waals surface area contributed by atoms with Crippen LogP contribution in [0.15, 0.2) is 12.3 Å². The molecule has 0 saturated carbocycles. The zero-order valence-electron chi connectivity index (χ0n) is 16.4. The van der Waals surface area contributed by atoms with E-state index in [1.165, 1.54) is 0 Å². The zero-order valence-corrected chi connectivity index (χ0v) is 16.4. The average Bonchev–Trinajstić information content (AvgIpc) is 2.65. The number of rotatable bonds is 6. The smallest absolute Gasteiger partial charge is 0.368 e. The lowest BCUT2D eigenvalue weighted by atomic mass is 10.1. The van der Waals surface area contributed by atoms with Crippen molar-refractivity contribution in [3.8, 4) is 11.5 Å². The largest absolute Gasteiger partial charge is 0.451 e. The third kappa shape index (κ3) is 5.64. The van der Waals surface area contributed by atoms with Crippen molar-refractivity contribution in [1.29, 1.82) is 0 Å². The highest BCUT2D eigenvalue weighted by atomic mass is 19.4. The van der Waals surface area contributed by atoms with Crippen molar-refractivity contribution in [2.75, 3.05) is 10.6 Å². The van der Waals surface area contributed by atoms with Gasteiger partial charge in [0, 0.05) is 6.20 Å². The predicted octanol–water partition coefficient (Wildman–Crippen LogP) is 4.42. The fourth-order valence-corrected chi connectivity index (χ4v) is 2.90.